The highest BCUT2D eigenvalue weighted by molar-refractivity contribution is 7.89. The first-order valence-corrected chi connectivity index (χ1v) is 15.4. The zero-order chi connectivity index (χ0) is 29.8. The van der Waals surface area contributed by atoms with Crippen LogP contribution in [0.2, 0.25) is 0 Å². The monoisotopic (exact) mass is 602 g/mol. The number of sulfonamides is 1. The van der Waals surface area contributed by atoms with Gasteiger partial charge in [0.2, 0.25) is 10.0 Å². The first-order chi connectivity index (χ1) is 20.0. The van der Waals surface area contributed by atoms with Crippen molar-refractivity contribution in [3.8, 4) is 0 Å². The van der Waals surface area contributed by atoms with Gasteiger partial charge in [0.1, 0.15) is 5.82 Å². The van der Waals surface area contributed by atoms with Crippen LogP contribution in [0.25, 0.3) is 16.5 Å². The predicted octanol–water partition coefficient (Wildman–Crippen LogP) is 5.95. The molecule has 6 rings (SSSR count). The van der Waals surface area contributed by atoms with Gasteiger partial charge in [0, 0.05) is 59.5 Å². The first-order valence-electron chi connectivity index (χ1n) is 13.9. The Morgan fingerprint density at radius 2 is 1.83 bits per heavy atom. The number of allylic oxidation sites excluding steroid dienone is 4. The quantitative estimate of drug-likeness (QED) is 0.314. The fourth-order valence-corrected chi connectivity index (χ4v) is 7.67. The molecule has 222 valence electrons. The van der Waals surface area contributed by atoms with E-state index in [0.717, 1.165) is 12.1 Å². The van der Waals surface area contributed by atoms with E-state index < -0.39 is 32.8 Å². The van der Waals surface area contributed by atoms with Crippen molar-refractivity contribution in [2.24, 2.45) is 11.8 Å². The first kappa shape index (κ1) is 28.8. The van der Waals surface area contributed by atoms with Gasteiger partial charge >= 0.3 is 6.18 Å². The summed E-state index contributed by atoms with van der Waals surface area (Å²) in [6, 6.07) is 9.34. The molecule has 6 nitrogen and oxygen atoms in total. The van der Waals surface area contributed by atoms with Gasteiger partial charge in [0.05, 0.1) is 23.9 Å². The third kappa shape index (κ3) is 5.22. The molecule has 2 heterocycles. The van der Waals surface area contributed by atoms with E-state index in [0.29, 0.717) is 43.7 Å². The van der Waals surface area contributed by atoms with Crippen LogP contribution in [0.4, 0.5) is 17.6 Å². The second-order valence-corrected chi connectivity index (χ2v) is 13.5. The van der Waals surface area contributed by atoms with Gasteiger partial charge in [-0.1, -0.05) is 36.4 Å². The Kier molecular flexibility index (Phi) is 7.39. The van der Waals surface area contributed by atoms with Gasteiger partial charge in [-0.3, -0.25) is 4.79 Å². The smallest absolute Gasteiger partial charge is 0.381 e. The molecule has 2 aromatic carbocycles. The maximum absolute atomic E-state index is 14.9. The van der Waals surface area contributed by atoms with E-state index in [1.165, 1.54) is 29.6 Å². The minimum atomic E-state index is -4.65. The molecular weight excluding hydrogens is 572 g/mol. The van der Waals surface area contributed by atoms with E-state index in [2.05, 4.69) is 0 Å². The van der Waals surface area contributed by atoms with E-state index in [9.17, 15) is 30.8 Å². The summed E-state index contributed by atoms with van der Waals surface area (Å²) in [5.41, 5.74) is 0.555. The Morgan fingerprint density at radius 3 is 2.55 bits per heavy atom. The third-order valence-corrected chi connectivity index (χ3v) is 10.8. The van der Waals surface area contributed by atoms with Crippen LogP contribution in [0, 0.1) is 17.7 Å². The lowest BCUT2D eigenvalue weighted by Gasteiger charge is -2.28. The SMILES string of the molecule is CN(Cc1c(C2=CC=CC3CC3C2=O)c2cc(C(F)(F)F)ccc2n1Cc1ccccc1F)S(=O)(=O)C1CCOCC1. The highest BCUT2D eigenvalue weighted by Gasteiger charge is 2.44. The second kappa shape index (κ2) is 10.8. The van der Waals surface area contributed by atoms with Crippen LogP contribution >= 0.6 is 0 Å². The van der Waals surface area contributed by atoms with Gasteiger partial charge in [0.15, 0.2) is 5.78 Å². The minimum Gasteiger partial charge on any atom is -0.381 e. The summed E-state index contributed by atoms with van der Waals surface area (Å²) < 4.78 is 92.2. The zero-order valence-electron chi connectivity index (χ0n) is 22.9. The summed E-state index contributed by atoms with van der Waals surface area (Å²) in [4.78, 5) is 13.7. The van der Waals surface area contributed by atoms with E-state index in [1.807, 2.05) is 6.08 Å². The van der Waals surface area contributed by atoms with Crippen LogP contribution in [-0.4, -0.2) is 48.6 Å². The summed E-state index contributed by atoms with van der Waals surface area (Å²) >= 11 is 0. The Bertz CT molecular complexity index is 1720. The number of ether oxygens (including phenoxy) is 1. The molecule has 0 N–H and O–H groups in total. The van der Waals surface area contributed by atoms with Gasteiger partial charge in [-0.25, -0.2) is 12.8 Å². The van der Waals surface area contributed by atoms with Gasteiger partial charge in [-0.05, 0) is 49.4 Å². The molecule has 2 atom stereocenters. The summed E-state index contributed by atoms with van der Waals surface area (Å²) in [5.74, 6) is -0.898. The average Bonchev–Trinajstić information content (AvgIpc) is 3.70. The van der Waals surface area contributed by atoms with Crippen LogP contribution in [0.15, 0.2) is 60.7 Å². The van der Waals surface area contributed by atoms with Gasteiger partial charge in [-0.15, -0.1) is 0 Å². The number of hydrogen-bond donors (Lipinski definition) is 0. The van der Waals surface area contributed by atoms with E-state index in [4.69, 9.17) is 4.74 Å². The maximum atomic E-state index is 14.9. The van der Waals surface area contributed by atoms with Crippen LogP contribution in [-0.2, 0) is 38.8 Å². The Hall–Kier alpha value is -3.28. The van der Waals surface area contributed by atoms with Crippen LogP contribution in [0.3, 0.4) is 0 Å². The molecule has 0 spiro atoms. The van der Waals surface area contributed by atoms with Crippen LogP contribution in [0.5, 0.6) is 0 Å². The molecule has 11 heteroatoms. The number of alkyl halides is 3. The van der Waals surface area contributed by atoms with Crippen molar-refractivity contribution in [2.45, 2.75) is 43.8 Å². The molecule has 1 aliphatic heterocycles. The number of benzene rings is 2. The lowest BCUT2D eigenvalue weighted by molar-refractivity contribution is -0.137. The number of rotatable bonds is 7. The molecule has 1 saturated carbocycles. The molecule has 2 unspecified atom stereocenters. The largest absolute Gasteiger partial charge is 0.416 e. The van der Waals surface area contributed by atoms with Crippen molar-refractivity contribution in [3.05, 3.63) is 88.9 Å². The summed E-state index contributed by atoms with van der Waals surface area (Å²) in [6.45, 7) is 0.334. The summed E-state index contributed by atoms with van der Waals surface area (Å²) in [7, 11) is -2.40. The van der Waals surface area contributed by atoms with Gasteiger partial charge in [0.25, 0.3) is 0 Å². The lowest BCUT2D eigenvalue weighted by Crippen LogP contribution is -2.39. The number of Topliss-reactive ketones (excluding diaryl/α,β-unsaturated/α-hetero) is 1. The molecule has 3 aromatic rings. The van der Waals surface area contributed by atoms with Crippen molar-refractivity contribution in [2.75, 3.05) is 20.3 Å². The number of carbonyl (C=O) groups excluding carboxylic acids is 1. The third-order valence-electron chi connectivity index (χ3n) is 8.51. The van der Waals surface area contributed by atoms with E-state index in [-0.39, 0.29) is 52.8 Å². The minimum absolute atomic E-state index is 0.0710. The van der Waals surface area contributed by atoms with Crippen LogP contribution in [0.1, 0.15) is 41.6 Å². The Labute approximate surface area is 241 Å². The molecule has 0 radical (unpaired) electrons. The highest BCUT2D eigenvalue weighted by Crippen LogP contribution is 2.47. The number of carbonyl (C=O) groups is 1. The predicted molar refractivity (Wildman–Crippen MR) is 150 cm³/mol. The number of hydrogen-bond acceptors (Lipinski definition) is 4. The lowest BCUT2D eigenvalue weighted by atomic mass is 9.95. The fourth-order valence-electron chi connectivity index (χ4n) is 6.07. The van der Waals surface area contributed by atoms with Crippen molar-refractivity contribution >= 4 is 32.3 Å². The molecule has 0 amide bonds. The van der Waals surface area contributed by atoms with E-state index in [1.54, 1.807) is 28.9 Å². The second-order valence-electron chi connectivity index (χ2n) is 11.2. The van der Waals surface area contributed by atoms with Crippen molar-refractivity contribution in [3.63, 3.8) is 0 Å². The average molecular weight is 603 g/mol. The topological polar surface area (TPSA) is 68.6 Å². The molecule has 42 heavy (non-hydrogen) atoms. The molecule has 2 fully saturated rings. The number of aromatic nitrogens is 1. The Balaban J connectivity index is 1.58. The molecule has 3 aliphatic rings. The van der Waals surface area contributed by atoms with Crippen molar-refractivity contribution in [1.82, 2.24) is 8.87 Å². The van der Waals surface area contributed by atoms with Gasteiger partial charge < -0.3 is 9.30 Å². The van der Waals surface area contributed by atoms with E-state index >= 15 is 0 Å². The normalized spacial score (nSPS) is 21.5. The number of fused-ring (bicyclic) bond motifs is 2. The molecule has 1 aromatic heterocycles. The molecule has 1 saturated heterocycles. The number of nitrogens with zero attached hydrogens (tertiary/aromatic N) is 2. The molecule has 0 bridgehead atoms. The summed E-state index contributed by atoms with van der Waals surface area (Å²) in [5, 5.41) is -0.505. The van der Waals surface area contributed by atoms with Crippen molar-refractivity contribution < 1.29 is 35.5 Å². The molecular formula is C31H30F4N2O4S. The summed E-state index contributed by atoms with van der Waals surface area (Å²) in [6.07, 6.45) is 1.91. The number of ketones is 1. The standard InChI is InChI=1S/C31H30F4N2O4S/c1-36(42(39,40)22-11-13-41-14-12-22)18-28-29(23-7-4-6-19-15-24(19)30(23)38)25-16-21(31(33,34)35)9-10-27(25)37(28)17-20-5-2-3-8-26(20)32/h2-10,16,19,22,24H,11-15,17-18H2,1H3. The van der Waals surface area contributed by atoms with Crippen LogP contribution < -0.4 is 0 Å². The van der Waals surface area contributed by atoms with Crippen molar-refractivity contribution in [1.29, 1.82) is 0 Å². The molecule has 2 aliphatic carbocycles. The zero-order valence-corrected chi connectivity index (χ0v) is 23.7. The number of halogens is 4. The van der Waals surface area contributed by atoms with Gasteiger partial charge in [-0.2, -0.15) is 17.5 Å². The highest BCUT2D eigenvalue weighted by atomic mass is 32.2. The Morgan fingerprint density at radius 1 is 1.10 bits per heavy atom. The maximum Gasteiger partial charge on any atom is 0.416 e. The fraction of sp³-hybridized carbons (Fsp3) is 0.387.